The lowest BCUT2D eigenvalue weighted by molar-refractivity contribution is -0.125. The summed E-state index contributed by atoms with van der Waals surface area (Å²) >= 11 is 0. The van der Waals surface area contributed by atoms with Gasteiger partial charge in [0.05, 0.1) is 11.3 Å². The van der Waals surface area contributed by atoms with Crippen LogP contribution in [0.3, 0.4) is 0 Å². The number of nitrogens with one attached hydrogen (secondary N) is 2. The Morgan fingerprint density at radius 2 is 1.63 bits per heavy atom. The van der Waals surface area contributed by atoms with E-state index in [9.17, 15) is 9.59 Å². The van der Waals surface area contributed by atoms with Crippen molar-refractivity contribution in [1.29, 1.82) is 0 Å². The van der Waals surface area contributed by atoms with Crippen LogP contribution in [-0.4, -0.2) is 21.6 Å². The van der Waals surface area contributed by atoms with E-state index >= 15 is 0 Å². The van der Waals surface area contributed by atoms with Crippen molar-refractivity contribution in [3.05, 3.63) is 72.4 Å². The number of hydrogen-bond donors (Lipinski definition) is 2. The molecule has 2 amide bonds. The monoisotopic (exact) mass is 362 g/mol. The summed E-state index contributed by atoms with van der Waals surface area (Å²) in [6.07, 6.45) is 2.37. The van der Waals surface area contributed by atoms with Crippen molar-refractivity contribution in [2.45, 2.75) is 20.3 Å². The molecule has 0 spiro atoms. The molecular weight excluding hydrogens is 340 g/mol. The van der Waals surface area contributed by atoms with Crippen molar-refractivity contribution in [2.75, 3.05) is 0 Å². The number of rotatable bonds is 5. The molecule has 3 aromatic rings. The fourth-order valence-corrected chi connectivity index (χ4v) is 2.56. The third-order valence-electron chi connectivity index (χ3n) is 4.39. The van der Waals surface area contributed by atoms with E-state index in [4.69, 9.17) is 0 Å². The van der Waals surface area contributed by atoms with Gasteiger partial charge >= 0.3 is 0 Å². The number of aromatic nitrogens is 2. The van der Waals surface area contributed by atoms with Crippen LogP contribution in [0.4, 0.5) is 0 Å². The van der Waals surface area contributed by atoms with E-state index in [1.54, 1.807) is 10.9 Å². The molecule has 0 saturated heterocycles. The molecule has 3 rings (SSSR count). The molecule has 0 radical (unpaired) electrons. The molecule has 1 atom stereocenters. The minimum Gasteiger partial charge on any atom is -0.273 e. The number of carbonyl (C=O) groups excluding carboxylic acids is 2. The molecule has 0 saturated carbocycles. The Labute approximate surface area is 158 Å². The van der Waals surface area contributed by atoms with Crippen LogP contribution in [0.15, 0.2) is 66.9 Å². The first-order valence-electron chi connectivity index (χ1n) is 8.91. The van der Waals surface area contributed by atoms with Gasteiger partial charge in [0.1, 0.15) is 5.69 Å². The number of benzene rings is 2. The molecule has 6 nitrogen and oxygen atoms in total. The zero-order valence-corrected chi connectivity index (χ0v) is 15.3. The number of hydrogen-bond acceptors (Lipinski definition) is 3. The van der Waals surface area contributed by atoms with Crippen LogP contribution in [0.5, 0.6) is 0 Å². The number of amides is 2. The zero-order chi connectivity index (χ0) is 19.2. The molecule has 0 fully saturated rings. The second-order valence-electron chi connectivity index (χ2n) is 6.29. The standard InChI is InChI=1S/C21H22N4O2/c1-3-15(2)20(26)22-23-21(27)18-14-25(17-12-8-5-9-13-17)24-19(18)16-10-6-4-7-11-16/h4-15H,3H2,1-2H3,(H,22,26)(H,23,27). The van der Waals surface area contributed by atoms with E-state index in [0.717, 1.165) is 11.3 Å². The van der Waals surface area contributed by atoms with Crippen molar-refractivity contribution in [2.24, 2.45) is 5.92 Å². The maximum absolute atomic E-state index is 12.7. The molecule has 0 aliphatic carbocycles. The highest BCUT2D eigenvalue weighted by atomic mass is 16.2. The van der Waals surface area contributed by atoms with E-state index < -0.39 is 5.91 Å². The maximum atomic E-state index is 12.7. The highest BCUT2D eigenvalue weighted by molar-refractivity contribution is 6.00. The Kier molecular flexibility index (Phi) is 5.66. The van der Waals surface area contributed by atoms with Gasteiger partial charge in [-0.2, -0.15) is 5.10 Å². The minimum atomic E-state index is -0.410. The summed E-state index contributed by atoms with van der Waals surface area (Å²) in [7, 11) is 0. The van der Waals surface area contributed by atoms with Crippen LogP contribution in [0.2, 0.25) is 0 Å². The Bertz CT molecular complexity index is 920. The van der Waals surface area contributed by atoms with Gasteiger partial charge in [-0.1, -0.05) is 62.4 Å². The molecule has 1 heterocycles. The van der Waals surface area contributed by atoms with E-state index in [-0.39, 0.29) is 11.8 Å². The van der Waals surface area contributed by atoms with Gasteiger partial charge in [-0.15, -0.1) is 0 Å². The second kappa shape index (κ2) is 8.31. The predicted molar refractivity (Wildman–Crippen MR) is 104 cm³/mol. The summed E-state index contributed by atoms with van der Waals surface area (Å²) in [4.78, 5) is 24.7. The quantitative estimate of drug-likeness (QED) is 0.684. The van der Waals surface area contributed by atoms with Crippen LogP contribution in [0.25, 0.3) is 16.9 Å². The van der Waals surface area contributed by atoms with Crippen molar-refractivity contribution in [3.63, 3.8) is 0 Å². The SMILES string of the molecule is CCC(C)C(=O)NNC(=O)c1cn(-c2ccccc2)nc1-c1ccccc1. The van der Waals surface area contributed by atoms with Gasteiger partial charge in [-0.25, -0.2) is 4.68 Å². The summed E-state index contributed by atoms with van der Waals surface area (Å²) in [5.74, 6) is -0.804. The molecule has 1 unspecified atom stereocenters. The summed E-state index contributed by atoms with van der Waals surface area (Å²) in [6.45, 7) is 3.73. The van der Waals surface area contributed by atoms with Gasteiger partial charge in [0.25, 0.3) is 5.91 Å². The topological polar surface area (TPSA) is 76.0 Å². The predicted octanol–water partition coefficient (Wildman–Crippen LogP) is 3.35. The molecule has 27 heavy (non-hydrogen) atoms. The van der Waals surface area contributed by atoms with Gasteiger partial charge in [-0.05, 0) is 18.6 Å². The van der Waals surface area contributed by atoms with E-state index in [0.29, 0.717) is 17.7 Å². The van der Waals surface area contributed by atoms with Gasteiger partial charge in [-0.3, -0.25) is 20.4 Å². The Balaban J connectivity index is 1.92. The summed E-state index contributed by atoms with van der Waals surface area (Å²) in [5.41, 5.74) is 7.58. The third-order valence-corrected chi connectivity index (χ3v) is 4.39. The number of carbonyl (C=O) groups is 2. The highest BCUT2D eigenvalue weighted by Gasteiger charge is 2.19. The minimum absolute atomic E-state index is 0.175. The van der Waals surface area contributed by atoms with Gasteiger partial charge in [0, 0.05) is 17.7 Å². The van der Waals surface area contributed by atoms with Gasteiger partial charge < -0.3 is 0 Å². The number of hydrazine groups is 1. The lowest BCUT2D eigenvalue weighted by Gasteiger charge is -2.11. The number of nitrogens with zero attached hydrogens (tertiary/aromatic N) is 2. The van der Waals surface area contributed by atoms with E-state index in [2.05, 4.69) is 16.0 Å². The van der Waals surface area contributed by atoms with Crippen LogP contribution < -0.4 is 10.9 Å². The lowest BCUT2D eigenvalue weighted by atomic mass is 10.1. The Hall–Kier alpha value is -3.41. The molecule has 2 aromatic carbocycles. The van der Waals surface area contributed by atoms with Crippen molar-refractivity contribution < 1.29 is 9.59 Å². The molecule has 0 aliphatic heterocycles. The van der Waals surface area contributed by atoms with Gasteiger partial charge in [0.2, 0.25) is 5.91 Å². The smallest absolute Gasteiger partial charge is 0.273 e. The maximum Gasteiger partial charge on any atom is 0.273 e. The van der Waals surface area contributed by atoms with Crippen molar-refractivity contribution in [1.82, 2.24) is 20.6 Å². The van der Waals surface area contributed by atoms with Crippen LogP contribution >= 0.6 is 0 Å². The average Bonchev–Trinajstić information content (AvgIpc) is 3.18. The summed E-state index contributed by atoms with van der Waals surface area (Å²) < 4.78 is 1.66. The molecule has 138 valence electrons. The first kappa shape index (κ1) is 18.4. The third kappa shape index (κ3) is 4.23. The fourth-order valence-electron chi connectivity index (χ4n) is 2.56. The molecular formula is C21H22N4O2. The van der Waals surface area contributed by atoms with Crippen LogP contribution in [-0.2, 0) is 4.79 Å². The molecule has 0 aliphatic rings. The molecule has 6 heteroatoms. The highest BCUT2D eigenvalue weighted by Crippen LogP contribution is 2.23. The molecule has 2 N–H and O–H groups in total. The first-order valence-corrected chi connectivity index (χ1v) is 8.91. The van der Waals surface area contributed by atoms with Gasteiger partial charge in [0.15, 0.2) is 0 Å². The Morgan fingerprint density at radius 1 is 1.00 bits per heavy atom. The summed E-state index contributed by atoms with van der Waals surface area (Å²) in [5, 5.41) is 4.59. The van der Waals surface area contributed by atoms with E-state index in [1.807, 2.05) is 74.5 Å². The van der Waals surface area contributed by atoms with Crippen LogP contribution in [0, 0.1) is 5.92 Å². The fraction of sp³-hybridized carbons (Fsp3) is 0.190. The second-order valence-corrected chi connectivity index (χ2v) is 6.29. The first-order chi connectivity index (χ1) is 13.1. The lowest BCUT2D eigenvalue weighted by Crippen LogP contribution is -2.44. The van der Waals surface area contributed by atoms with Crippen molar-refractivity contribution >= 4 is 11.8 Å². The number of para-hydroxylation sites is 1. The Morgan fingerprint density at radius 3 is 2.26 bits per heavy atom. The molecule has 1 aromatic heterocycles. The van der Waals surface area contributed by atoms with Crippen molar-refractivity contribution in [3.8, 4) is 16.9 Å². The molecule has 0 bridgehead atoms. The van der Waals surface area contributed by atoms with E-state index in [1.165, 1.54) is 0 Å². The van der Waals surface area contributed by atoms with Crippen LogP contribution in [0.1, 0.15) is 30.6 Å². The zero-order valence-electron chi connectivity index (χ0n) is 15.3. The summed E-state index contributed by atoms with van der Waals surface area (Å²) in [6, 6.07) is 19.0. The normalized spacial score (nSPS) is 11.6. The average molecular weight is 362 g/mol. The largest absolute Gasteiger partial charge is 0.273 e.